The molecule has 1 aliphatic heterocycles. The lowest BCUT2D eigenvalue weighted by Gasteiger charge is -2.40. The molecule has 1 aromatic carbocycles. The first kappa shape index (κ1) is 19.6. The number of halogens is 1. The van der Waals surface area contributed by atoms with Crippen molar-refractivity contribution in [2.75, 3.05) is 13.1 Å². The van der Waals surface area contributed by atoms with Crippen molar-refractivity contribution >= 4 is 27.9 Å². The Balaban J connectivity index is 1.62. The fourth-order valence-corrected chi connectivity index (χ4v) is 5.41. The summed E-state index contributed by atoms with van der Waals surface area (Å²) in [6.07, 6.45) is 1.73. The second-order valence-electron chi connectivity index (χ2n) is 7.53. The molecule has 3 unspecified atom stereocenters. The van der Waals surface area contributed by atoms with E-state index < -0.39 is 0 Å². The van der Waals surface area contributed by atoms with Crippen LogP contribution in [-0.2, 0) is 4.74 Å². The summed E-state index contributed by atoms with van der Waals surface area (Å²) in [5.41, 5.74) is 0.937. The Morgan fingerprint density at radius 3 is 2.60 bits per heavy atom. The van der Waals surface area contributed by atoms with Crippen LogP contribution in [0.25, 0.3) is 16.5 Å². The summed E-state index contributed by atoms with van der Waals surface area (Å²) >= 11 is 8.00. The molecular weight excluding hydrogens is 424 g/mol. The van der Waals surface area contributed by atoms with Crippen LogP contribution in [0.3, 0.4) is 0 Å². The van der Waals surface area contributed by atoms with Crippen LogP contribution in [0.1, 0.15) is 30.3 Å². The summed E-state index contributed by atoms with van der Waals surface area (Å²) in [6.45, 7) is 5.57. The number of thiazole rings is 1. The molecule has 0 amide bonds. The molecule has 3 atom stereocenters. The molecule has 156 valence electrons. The van der Waals surface area contributed by atoms with Gasteiger partial charge in [0.1, 0.15) is 0 Å². The second-order valence-corrected chi connectivity index (χ2v) is 8.95. The van der Waals surface area contributed by atoms with Crippen LogP contribution >= 0.6 is 22.9 Å². The molecule has 5 rings (SSSR count). The van der Waals surface area contributed by atoms with E-state index >= 15 is 0 Å². The SMILES string of the molecule is CC1CN(C(c2ccccc2Cl)c2sc3nc(-c4ccco4)nn3c2O)CC(C)O1. The Kier molecular flexibility index (Phi) is 5.02. The molecule has 7 nitrogen and oxygen atoms in total. The zero-order valence-electron chi connectivity index (χ0n) is 16.5. The summed E-state index contributed by atoms with van der Waals surface area (Å²) < 4.78 is 12.8. The molecule has 0 bridgehead atoms. The molecule has 1 aliphatic rings. The highest BCUT2D eigenvalue weighted by Crippen LogP contribution is 2.43. The van der Waals surface area contributed by atoms with E-state index in [0.29, 0.717) is 21.6 Å². The second kappa shape index (κ2) is 7.70. The average Bonchev–Trinajstić information content (AvgIpc) is 3.42. The lowest BCUT2D eigenvalue weighted by molar-refractivity contribution is -0.0764. The summed E-state index contributed by atoms with van der Waals surface area (Å²) in [7, 11) is 0. The van der Waals surface area contributed by atoms with Gasteiger partial charge in [-0.05, 0) is 37.6 Å². The van der Waals surface area contributed by atoms with E-state index in [1.165, 1.54) is 15.9 Å². The van der Waals surface area contributed by atoms with Crippen molar-refractivity contribution < 1.29 is 14.3 Å². The Morgan fingerprint density at radius 1 is 1.17 bits per heavy atom. The summed E-state index contributed by atoms with van der Waals surface area (Å²) in [5, 5.41) is 16.2. The number of morpholine rings is 1. The van der Waals surface area contributed by atoms with Gasteiger partial charge in [-0.2, -0.15) is 9.50 Å². The van der Waals surface area contributed by atoms with Crippen molar-refractivity contribution in [1.29, 1.82) is 0 Å². The Bertz CT molecular complexity index is 1160. The van der Waals surface area contributed by atoms with Gasteiger partial charge in [0.05, 0.1) is 29.4 Å². The third-order valence-corrected chi connectivity index (χ3v) is 6.62. The largest absolute Gasteiger partial charge is 0.492 e. The monoisotopic (exact) mass is 444 g/mol. The van der Waals surface area contributed by atoms with Crippen molar-refractivity contribution in [2.24, 2.45) is 0 Å². The third kappa shape index (κ3) is 3.39. The molecule has 30 heavy (non-hydrogen) atoms. The van der Waals surface area contributed by atoms with E-state index in [-0.39, 0.29) is 24.1 Å². The van der Waals surface area contributed by atoms with Gasteiger partial charge >= 0.3 is 0 Å². The normalized spacial score (nSPS) is 21.3. The summed E-state index contributed by atoms with van der Waals surface area (Å²) in [6, 6.07) is 11.1. The zero-order valence-corrected chi connectivity index (χ0v) is 18.1. The van der Waals surface area contributed by atoms with Crippen LogP contribution in [0.4, 0.5) is 0 Å². The average molecular weight is 445 g/mol. The van der Waals surface area contributed by atoms with Crippen molar-refractivity contribution in [1.82, 2.24) is 19.5 Å². The molecule has 3 aromatic heterocycles. The number of fused-ring (bicyclic) bond motifs is 1. The maximum absolute atomic E-state index is 11.1. The van der Waals surface area contributed by atoms with E-state index in [1.54, 1.807) is 18.4 Å². The first-order valence-corrected chi connectivity index (χ1v) is 11.0. The maximum atomic E-state index is 11.1. The maximum Gasteiger partial charge on any atom is 0.230 e. The Morgan fingerprint density at radius 2 is 1.93 bits per heavy atom. The van der Waals surface area contributed by atoms with Crippen LogP contribution < -0.4 is 0 Å². The first-order chi connectivity index (χ1) is 14.5. The highest BCUT2D eigenvalue weighted by atomic mass is 35.5. The molecule has 4 aromatic rings. The number of furan rings is 1. The van der Waals surface area contributed by atoms with Gasteiger partial charge in [0.25, 0.3) is 0 Å². The van der Waals surface area contributed by atoms with E-state index in [9.17, 15) is 5.11 Å². The van der Waals surface area contributed by atoms with E-state index in [2.05, 4.69) is 28.8 Å². The number of benzene rings is 1. The van der Waals surface area contributed by atoms with Gasteiger partial charge in [-0.25, -0.2) is 0 Å². The van der Waals surface area contributed by atoms with Crippen molar-refractivity contribution in [2.45, 2.75) is 32.1 Å². The molecular formula is C21H21ClN4O3S. The molecule has 4 heterocycles. The van der Waals surface area contributed by atoms with Gasteiger partial charge in [0.15, 0.2) is 5.76 Å². The zero-order chi connectivity index (χ0) is 20.8. The predicted octanol–water partition coefficient (Wildman–Crippen LogP) is 4.61. The fraction of sp³-hybridized carbons (Fsp3) is 0.333. The minimum absolute atomic E-state index is 0.0667. The lowest BCUT2D eigenvalue weighted by atomic mass is 10.0. The predicted molar refractivity (Wildman–Crippen MR) is 115 cm³/mol. The topological polar surface area (TPSA) is 76.0 Å². The number of ether oxygens (including phenoxy) is 1. The van der Waals surface area contributed by atoms with Crippen LogP contribution in [0.15, 0.2) is 47.1 Å². The first-order valence-electron chi connectivity index (χ1n) is 9.77. The van der Waals surface area contributed by atoms with E-state index in [1.807, 2.05) is 24.3 Å². The molecule has 0 aliphatic carbocycles. The minimum atomic E-state index is -0.229. The molecule has 1 fully saturated rings. The molecule has 1 saturated heterocycles. The number of nitrogens with zero attached hydrogens (tertiary/aromatic N) is 4. The number of hydrogen-bond acceptors (Lipinski definition) is 7. The highest BCUT2D eigenvalue weighted by Gasteiger charge is 2.35. The Hall–Kier alpha value is -2.39. The number of aromatic hydroxyl groups is 1. The third-order valence-electron chi connectivity index (χ3n) is 5.20. The molecule has 1 N–H and O–H groups in total. The summed E-state index contributed by atoms with van der Waals surface area (Å²) in [5.74, 6) is 1.07. The van der Waals surface area contributed by atoms with E-state index in [4.69, 9.17) is 20.8 Å². The van der Waals surface area contributed by atoms with E-state index in [0.717, 1.165) is 23.5 Å². The lowest BCUT2D eigenvalue weighted by Crippen LogP contribution is -2.47. The minimum Gasteiger partial charge on any atom is -0.492 e. The fourth-order valence-electron chi connectivity index (χ4n) is 4.07. The highest BCUT2D eigenvalue weighted by molar-refractivity contribution is 7.17. The van der Waals surface area contributed by atoms with Crippen LogP contribution in [0, 0.1) is 0 Å². The van der Waals surface area contributed by atoms with Crippen LogP contribution in [0.5, 0.6) is 5.88 Å². The van der Waals surface area contributed by atoms with Gasteiger partial charge in [0.2, 0.25) is 16.7 Å². The molecule has 0 saturated carbocycles. The van der Waals surface area contributed by atoms with Gasteiger partial charge in [-0.15, -0.1) is 5.10 Å². The summed E-state index contributed by atoms with van der Waals surface area (Å²) in [4.78, 5) is 8.21. The number of rotatable bonds is 4. The standard InChI is InChI=1S/C21H21ClN4O3S/c1-12-10-25(11-13(2)29-12)17(14-6-3-4-7-15(14)22)18-20(27)26-21(30-18)23-19(24-26)16-8-5-9-28-16/h3-9,12-13,17,27H,10-11H2,1-2H3. The van der Waals surface area contributed by atoms with Gasteiger partial charge < -0.3 is 14.3 Å². The van der Waals surface area contributed by atoms with Crippen LogP contribution in [0.2, 0.25) is 5.02 Å². The van der Waals surface area contributed by atoms with Gasteiger partial charge in [-0.1, -0.05) is 41.1 Å². The van der Waals surface area contributed by atoms with Gasteiger partial charge in [-0.3, -0.25) is 4.90 Å². The van der Waals surface area contributed by atoms with Gasteiger partial charge in [0, 0.05) is 18.1 Å². The molecule has 9 heteroatoms. The number of aromatic nitrogens is 3. The molecule has 0 radical (unpaired) electrons. The smallest absolute Gasteiger partial charge is 0.230 e. The van der Waals surface area contributed by atoms with Crippen LogP contribution in [-0.4, -0.2) is 49.9 Å². The number of hydrogen-bond donors (Lipinski definition) is 1. The molecule has 0 spiro atoms. The van der Waals surface area contributed by atoms with Crippen molar-refractivity contribution in [3.05, 3.63) is 58.1 Å². The Labute approximate surface area is 182 Å². The van der Waals surface area contributed by atoms with Crippen molar-refractivity contribution in [3.63, 3.8) is 0 Å². The van der Waals surface area contributed by atoms with Crippen molar-refractivity contribution in [3.8, 4) is 17.5 Å². The quantitative estimate of drug-likeness (QED) is 0.495.